The second-order valence-corrected chi connectivity index (χ2v) is 7.16. The first-order chi connectivity index (χ1) is 12.8. The quantitative estimate of drug-likeness (QED) is 0.777. The molecule has 2 aromatic rings. The van der Waals surface area contributed by atoms with Crippen LogP contribution in [0.15, 0.2) is 28.8 Å². The molecule has 0 radical (unpaired) electrons. The fourth-order valence-corrected chi connectivity index (χ4v) is 3.00. The van der Waals surface area contributed by atoms with Gasteiger partial charge >= 0.3 is 0 Å². The SMILES string of the molecule is CN1CCC(O)(CNC(=O)c2cc(COc3ccc(F)cc3Cl)on2)CC1. The second-order valence-electron chi connectivity index (χ2n) is 6.75. The summed E-state index contributed by atoms with van der Waals surface area (Å²) in [6.07, 6.45) is 1.19. The molecule has 1 aliphatic rings. The van der Waals surface area contributed by atoms with Gasteiger partial charge in [0.15, 0.2) is 11.5 Å². The molecule has 1 aromatic heterocycles. The average molecular weight is 398 g/mol. The summed E-state index contributed by atoms with van der Waals surface area (Å²) in [6, 6.07) is 5.23. The van der Waals surface area contributed by atoms with Gasteiger partial charge in [0.25, 0.3) is 5.91 Å². The number of nitrogens with one attached hydrogen (secondary N) is 1. The van der Waals surface area contributed by atoms with Gasteiger partial charge in [0.1, 0.15) is 18.2 Å². The van der Waals surface area contributed by atoms with Crippen molar-refractivity contribution in [1.29, 1.82) is 0 Å². The van der Waals surface area contributed by atoms with E-state index >= 15 is 0 Å². The first-order valence-corrected chi connectivity index (χ1v) is 8.95. The van der Waals surface area contributed by atoms with Gasteiger partial charge in [0.05, 0.1) is 10.6 Å². The molecule has 1 saturated heterocycles. The molecule has 27 heavy (non-hydrogen) atoms. The number of nitrogens with zero attached hydrogens (tertiary/aromatic N) is 2. The van der Waals surface area contributed by atoms with Gasteiger partial charge in [-0.3, -0.25) is 4.79 Å². The number of aliphatic hydroxyl groups is 1. The maximum absolute atomic E-state index is 13.0. The third kappa shape index (κ3) is 5.18. The minimum atomic E-state index is -0.906. The molecule has 1 aromatic carbocycles. The van der Waals surface area contributed by atoms with Crippen LogP contribution in [0.5, 0.6) is 5.75 Å². The summed E-state index contributed by atoms with van der Waals surface area (Å²) in [4.78, 5) is 14.3. The van der Waals surface area contributed by atoms with Crippen LogP contribution in [0.25, 0.3) is 0 Å². The fourth-order valence-electron chi connectivity index (χ4n) is 2.78. The molecule has 0 atom stereocenters. The van der Waals surface area contributed by atoms with E-state index in [2.05, 4.69) is 15.4 Å². The standard InChI is InChI=1S/C18H21ClFN3O4/c1-23-6-4-18(25,5-7-23)11-21-17(24)15-9-13(27-22-15)10-26-16-3-2-12(20)8-14(16)19/h2-3,8-9,25H,4-7,10-11H2,1H3,(H,21,24). The monoisotopic (exact) mass is 397 g/mol. The number of benzene rings is 1. The van der Waals surface area contributed by atoms with E-state index in [1.807, 2.05) is 7.05 Å². The first-order valence-electron chi connectivity index (χ1n) is 8.57. The molecule has 0 aliphatic carbocycles. The molecule has 0 spiro atoms. The highest BCUT2D eigenvalue weighted by Gasteiger charge is 2.31. The lowest BCUT2D eigenvalue weighted by molar-refractivity contribution is -0.0135. The molecule has 1 aliphatic heterocycles. The number of carbonyl (C=O) groups excluding carboxylic acids is 1. The number of ether oxygens (including phenoxy) is 1. The highest BCUT2D eigenvalue weighted by molar-refractivity contribution is 6.32. The van der Waals surface area contributed by atoms with E-state index in [0.717, 1.165) is 19.2 Å². The van der Waals surface area contributed by atoms with Gasteiger partial charge in [0, 0.05) is 25.7 Å². The van der Waals surface area contributed by atoms with Gasteiger partial charge in [-0.2, -0.15) is 0 Å². The van der Waals surface area contributed by atoms with Crippen LogP contribution in [0.3, 0.4) is 0 Å². The Bertz CT molecular complexity index is 806. The van der Waals surface area contributed by atoms with E-state index in [-0.39, 0.29) is 23.9 Å². The van der Waals surface area contributed by atoms with Gasteiger partial charge in [-0.15, -0.1) is 0 Å². The van der Waals surface area contributed by atoms with E-state index in [1.165, 1.54) is 18.2 Å². The molecule has 1 amide bonds. The molecule has 0 unspecified atom stereocenters. The van der Waals surface area contributed by atoms with Crippen molar-refractivity contribution in [2.45, 2.75) is 25.0 Å². The molecule has 2 heterocycles. The van der Waals surface area contributed by atoms with Crippen LogP contribution < -0.4 is 10.1 Å². The van der Waals surface area contributed by atoms with Gasteiger partial charge in [-0.1, -0.05) is 16.8 Å². The van der Waals surface area contributed by atoms with Gasteiger partial charge in [0.2, 0.25) is 0 Å². The van der Waals surface area contributed by atoms with Crippen LogP contribution in [0, 0.1) is 5.82 Å². The fraction of sp³-hybridized carbons (Fsp3) is 0.444. The molecular formula is C18H21ClFN3O4. The second kappa shape index (κ2) is 8.24. The van der Waals surface area contributed by atoms with E-state index < -0.39 is 17.3 Å². The van der Waals surface area contributed by atoms with Crippen LogP contribution in [0.1, 0.15) is 29.1 Å². The lowest BCUT2D eigenvalue weighted by Crippen LogP contribution is -2.50. The molecule has 146 valence electrons. The van der Waals surface area contributed by atoms with Crippen LogP contribution in [0.4, 0.5) is 4.39 Å². The minimum absolute atomic E-state index is 0.0120. The molecule has 3 rings (SSSR count). The summed E-state index contributed by atoms with van der Waals surface area (Å²) in [7, 11) is 2.00. The summed E-state index contributed by atoms with van der Waals surface area (Å²) in [6.45, 7) is 1.71. The van der Waals surface area contributed by atoms with Crippen molar-refractivity contribution in [1.82, 2.24) is 15.4 Å². The van der Waals surface area contributed by atoms with E-state index in [4.69, 9.17) is 20.9 Å². The Hall–Kier alpha value is -2.16. The minimum Gasteiger partial charge on any atom is -0.484 e. The van der Waals surface area contributed by atoms with Crippen molar-refractivity contribution in [3.05, 3.63) is 46.6 Å². The molecule has 9 heteroatoms. The van der Waals surface area contributed by atoms with Crippen molar-refractivity contribution in [2.75, 3.05) is 26.7 Å². The van der Waals surface area contributed by atoms with Gasteiger partial charge in [-0.25, -0.2) is 4.39 Å². The van der Waals surface area contributed by atoms with Crippen LogP contribution >= 0.6 is 11.6 Å². The van der Waals surface area contributed by atoms with Crippen molar-refractivity contribution in [2.24, 2.45) is 0 Å². The van der Waals surface area contributed by atoms with Gasteiger partial charge < -0.3 is 24.6 Å². The molecule has 1 fully saturated rings. The zero-order valence-electron chi connectivity index (χ0n) is 14.9. The molecule has 7 nitrogen and oxygen atoms in total. The molecular weight excluding hydrogens is 377 g/mol. The van der Waals surface area contributed by atoms with Crippen molar-refractivity contribution in [3.63, 3.8) is 0 Å². The molecule has 0 bridgehead atoms. The van der Waals surface area contributed by atoms with E-state index in [1.54, 1.807) is 0 Å². The Morgan fingerprint density at radius 1 is 1.44 bits per heavy atom. The number of piperidine rings is 1. The van der Waals surface area contributed by atoms with Crippen molar-refractivity contribution in [3.8, 4) is 5.75 Å². The number of carbonyl (C=O) groups is 1. The third-order valence-corrected chi connectivity index (χ3v) is 4.85. The summed E-state index contributed by atoms with van der Waals surface area (Å²) in [5, 5.41) is 17.0. The number of hydrogen-bond donors (Lipinski definition) is 2. The average Bonchev–Trinajstić information content (AvgIpc) is 3.11. The van der Waals surface area contributed by atoms with Crippen molar-refractivity contribution >= 4 is 17.5 Å². The summed E-state index contributed by atoms with van der Waals surface area (Å²) in [5.74, 6) is -0.280. The Balaban J connectivity index is 1.51. The summed E-state index contributed by atoms with van der Waals surface area (Å²) in [5.41, 5.74) is -0.813. The summed E-state index contributed by atoms with van der Waals surface area (Å²) >= 11 is 5.89. The maximum Gasteiger partial charge on any atom is 0.273 e. The zero-order valence-corrected chi connectivity index (χ0v) is 15.6. The summed E-state index contributed by atoms with van der Waals surface area (Å²) < 4.78 is 23.5. The Kier molecular flexibility index (Phi) is 5.98. The number of aromatic nitrogens is 1. The Morgan fingerprint density at radius 3 is 2.89 bits per heavy atom. The zero-order chi connectivity index (χ0) is 19.4. The highest BCUT2D eigenvalue weighted by Crippen LogP contribution is 2.26. The van der Waals surface area contributed by atoms with Crippen LogP contribution in [-0.2, 0) is 6.61 Å². The maximum atomic E-state index is 13.0. The van der Waals surface area contributed by atoms with Crippen LogP contribution in [0.2, 0.25) is 5.02 Å². The molecule has 0 saturated carbocycles. The number of rotatable bonds is 6. The first kappa shape index (κ1) is 19.6. The smallest absolute Gasteiger partial charge is 0.273 e. The van der Waals surface area contributed by atoms with Gasteiger partial charge in [-0.05, 0) is 38.1 Å². The molecule has 2 N–H and O–H groups in total. The lowest BCUT2D eigenvalue weighted by atomic mass is 9.91. The largest absolute Gasteiger partial charge is 0.484 e. The van der Waals surface area contributed by atoms with E-state index in [9.17, 15) is 14.3 Å². The lowest BCUT2D eigenvalue weighted by Gasteiger charge is -2.36. The number of hydrogen-bond acceptors (Lipinski definition) is 6. The predicted molar refractivity (Wildman–Crippen MR) is 96.3 cm³/mol. The highest BCUT2D eigenvalue weighted by atomic mass is 35.5. The Labute approximate surface area is 161 Å². The predicted octanol–water partition coefficient (Wildman–Crippen LogP) is 2.23. The third-order valence-electron chi connectivity index (χ3n) is 4.55. The number of halogens is 2. The normalized spacial score (nSPS) is 16.9. The number of amides is 1. The number of likely N-dealkylation sites (tertiary alicyclic amines) is 1. The van der Waals surface area contributed by atoms with E-state index in [0.29, 0.717) is 24.4 Å². The van der Waals surface area contributed by atoms with Crippen molar-refractivity contribution < 1.29 is 23.6 Å². The Morgan fingerprint density at radius 2 is 2.19 bits per heavy atom. The topological polar surface area (TPSA) is 87.8 Å². The van der Waals surface area contributed by atoms with Crippen LogP contribution in [-0.4, -0.2) is 53.4 Å².